The third-order valence-corrected chi connectivity index (χ3v) is 4.03. The number of benzene rings is 1. The number of hydrogen-bond donors (Lipinski definition) is 2. The maximum atomic E-state index is 12.0. The third-order valence-electron chi connectivity index (χ3n) is 4.03. The number of ether oxygens (including phenoxy) is 2. The van der Waals surface area contributed by atoms with E-state index in [0.717, 1.165) is 25.7 Å². The Hall–Kier alpha value is -2.24. The molecule has 0 spiro atoms. The molecule has 1 aromatic carbocycles. The summed E-state index contributed by atoms with van der Waals surface area (Å²) >= 11 is 0. The van der Waals surface area contributed by atoms with Crippen molar-refractivity contribution in [3.05, 3.63) is 24.3 Å². The van der Waals surface area contributed by atoms with Crippen LogP contribution in [0.15, 0.2) is 24.3 Å². The maximum Gasteiger partial charge on any atom is 0.279 e. The fourth-order valence-corrected chi connectivity index (χ4v) is 2.60. The lowest BCUT2D eigenvalue weighted by molar-refractivity contribution is -0.134. The first kappa shape index (κ1) is 17.1. The normalized spacial score (nSPS) is 16.3. The van der Waals surface area contributed by atoms with E-state index in [-0.39, 0.29) is 17.7 Å². The van der Waals surface area contributed by atoms with Gasteiger partial charge in [0.2, 0.25) is 5.91 Å². The smallest absolute Gasteiger partial charge is 0.279 e. The standard InChI is InChI=1S/C17H24N2O4/c1-12(23-15-10-8-14(22-2)9-11-15)16(20)18-19-17(21)13-6-4-3-5-7-13/h8-13H,3-7H2,1-2H3,(H,18,20)(H,19,21). The number of amides is 2. The van der Waals surface area contributed by atoms with Crippen LogP contribution < -0.4 is 20.3 Å². The number of hydrazine groups is 1. The van der Waals surface area contributed by atoms with E-state index in [1.807, 2.05) is 0 Å². The van der Waals surface area contributed by atoms with Gasteiger partial charge in [0.15, 0.2) is 6.10 Å². The summed E-state index contributed by atoms with van der Waals surface area (Å²) in [4.78, 5) is 24.0. The lowest BCUT2D eigenvalue weighted by Crippen LogP contribution is -2.49. The minimum Gasteiger partial charge on any atom is -0.497 e. The number of hydrogen-bond acceptors (Lipinski definition) is 4. The molecule has 0 heterocycles. The molecule has 1 saturated carbocycles. The molecule has 1 aliphatic carbocycles. The molecule has 0 aliphatic heterocycles. The van der Waals surface area contributed by atoms with E-state index in [9.17, 15) is 9.59 Å². The van der Waals surface area contributed by atoms with E-state index in [0.29, 0.717) is 11.5 Å². The molecule has 0 saturated heterocycles. The van der Waals surface area contributed by atoms with Gasteiger partial charge < -0.3 is 9.47 Å². The van der Waals surface area contributed by atoms with Gasteiger partial charge in [-0.05, 0) is 44.0 Å². The first-order chi connectivity index (χ1) is 11.1. The van der Waals surface area contributed by atoms with Gasteiger partial charge in [0.25, 0.3) is 5.91 Å². The van der Waals surface area contributed by atoms with Crippen molar-refractivity contribution in [2.75, 3.05) is 7.11 Å². The van der Waals surface area contributed by atoms with Gasteiger partial charge >= 0.3 is 0 Å². The van der Waals surface area contributed by atoms with Crippen LogP contribution in [0.2, 0.25) is 0 Å². The monoisotopic (exact) mass is 320 g/mol. The Morgan fingerprint density at radius 3 is 2.26 bits per heavy atom. The molecule has 2 rings (SSSR count). The lowest BCUT2D eigenvalue weighted by Gasteiger charge is -2.21. The minimum absolute atomic E-state index is 0.00172. The van der Waals surface area contributed by atoms with Crippen LogP contribution in [0.3, 0.4) is 0 Å². The van der Waals surface area contributed by atoms with Gasteiger partial charge in [-0.25, -0.2) is 0 Å². The molecule has 2 N–H and O–H groups in total. The summed E-state index contributed by atoms with van der Waals surface area (Å²) in [5.41, 5.74) is 4.93. The fourth-order valence-electron chi connectivity index (χ4n) is 2.60. The molecular formula is C17H24N2O4. The van der Waals surface area contributed by atoms with Gasteiger partial charge in [-0.1, -0.05) is 19.3 Å². The lowest BCUT2D eigenvalue weighted by atomic mass is 9.89. The molecule has 126 valence electrons. The predicted molar refractivity (Wildman–Crippen MR) is 85.9 cm³/mol. The Labute approximate surface area is 136 Å². The molecule has 0 radical (unpaired) electrons. The average Bonchev–Trinajstić information content (AvgIpc) is 2.60. The highest BCUT2D eigenvalue weighted by Crippen LogP contribution is 2.23. The largest absolute Gasteiger partial charge is 0.497 e. The molecule has 6 heteroatoms. The zero-order valence-electron chi connectivity index (χ0n) is 13.6. The zero-order chi connectivity index (χ0) is 16.7. The van der Waals surface area contributed by atoms with Crippen molar-refractivity contribution in [2.24, 2.45) is 5.92 Å². The van der Waals surface area contributed by atoms with Crippen LogP contribution in [-0.4, -0.2) is 25.0 Å². The van der Waals surface area contributed by atoms with Crippen molar-refractivity contribution >= 4 is 11.8 Å². The van der Waals surface area contributed by atoms with E-state index < -0.39 is 6.10 Å². The van der Waals surface area contributed by atoms with Crippen molar-refractivity contribution in [1.82, 2.24) is 10.9 Å². The fraction of sp³-hybridized carbons (Fsp3) is 0.529. The highest BCUT2D eigenvalue weighted by Gasteiger charge is 2.22. The van der Waals surface area contributed by atoms with Crippen molar-refractivity contribution in [3.63, 3.8) is 0 Å². The molecule has 1 aliphatic rings. The molecule has 1 atom stereocenters. The zero-order valence-corrected chi connectivity index (χ0v) is 13.6. The summed E-state index contributed by atoms with van der Waals surface area (Å²) in [7, 11) is 1.58. The first-order valence-corrected chi connectivity index (χ1v) is 8.00. The van der Waals surface area contributed by atoms with Crippen molar-refractivity contribution < 1.29 is 19.1 Å². The predicted octanol–water partition coefficient (Wildman–Crippen LogP) is 2.19. The second-order valence-electron chi connectivity index (χ2n) is 5.75. The van der Waals surface area contributed by atoms with Crippen LogP contribution in [0.4, 0.5) is 0 Å². The minimum atomic E-state index is -0.713. The highest BCUT2D eigenvalue weighted by atomic mass is 16.5. The average molecular weight is 320 g/mol. The van der Waals surface area contributed by atoms with E-state index in [4.69, 9.17) is 9.47 Å². The number of carbonyl (C=O) groups excluding carboxylic acids is 2. The Kier molecular flexibility index (Phi) is 6.26. The van der Waals surface area contributed by atoms with Crippen LogP contribution in [-0.2, 0) is 9.59 Å². The van der Waals surface area contributed by atoms with Crippen molar-refractivity contribution in [2.45, 2.75) is 45.1 Å². The number of nitrogens with one attached hydrogen (secondary N) is 2. The summed E-state index contributed by atoms with van der Waals surface area (Å²) in [5, 5.41) is 0. The van der Waals surface area contributed by atoms with Gasteiger partial charge in [0.05, 0.1) is 7.11 Å². The molecule has 0 bridgehead atoms. The second kappa shape index (κ2) is 8.41. The SMILES string of the molecule is COc1ccc(OC(C)C(=O)NNC(=O)C2CCCCC2)cc1. The number of rotatable bonds is 5. The molecule has 1 aromatic rings. The van der Waals surface area contributed by atoms with E-state index in [1.54, 1.807) is 38.3 Å². The molecule has 23 heavy (non-hydrogen) atoms. The maximum absolute atomic E-state index is 12.0. The van der Waals surface area contributed by atoms with Crippen LogP contribution in [0.1, 0.15) is 39.0 Å². The van der Waals surface area contributed by atoms with Crippen molar-refractivity contribution in [1.29, 1.82) is 0 Å². The molecule has 2 amide bonds. The number of carbonyl (C=O) groups is 2. The van der Waals surface area contributed by atoms with E-state index in [2.05, 4.69) is 10.9 Å². The summed E-state index contributed by atoms with van der Waals surface area (Å²) in [6.07, 6.45) is 4.39. The van der Waals surface area contributed by atoms with Crippen LogP contribution >= 0.6 is 0 Å². The Balaban J connectivity index is 1.76. The Bertz CT molecular complexity index is 524. The van der Waals surface area contributed by atoms with Gasteiger partial charge in [-0.3, -0.25) is 20.4 Å². The van der Waals surface area contributed by atoms with Gasteiger partial charge in [-0.2, -0.15) is 0 Å². The molecule has 1 fully saturated rings. The molecule has 0 aromatic heterocycles. The second-order valence-corrected chi connectivity index (χ2v) is 5.75. The van der Waals surface area contributed by atoms with Crippen molar-refractivity contribution in [3.8, 4) is 11.5 Å². The first-order valence-electron chi connectivity index (χ1n) is 8.00. The highest BCUT2D eigenvalue weighted by molar-refractivity contribution is 5.85. The molecular weight excluding hydrogens is 296 g/mol. The van der Waals surface area contributed by atoms with E-state index >= 15 is 0 Å². The molecule has 1 unspecified atom stereocenters. The quantitative estimate of drug-likeness (QED) is 0.815. The van der Waals surface area contributed by atoms with Gasteiger partial charge in [0.1, 0.15) is 11.5 Å². The summed E-state index contributed by atoms with van der Waals surface area (Å²) in [5.74, 6) is 0.780. The summed E-state index contributed by atoms with van der Waals surface area (Å²) < 4.78 is 10.6. The topological polar surface area (TPSA) is 76.7 Å². The summed E-state index contributed by atoms with van der Waals surface area (Å²) in [6.45, 7) is 1.63. The molecule has 6 nitrogen and oxygen atoms in total. The summed E-state index contributed by atoms with van der Waals surface area (Å²) in [6, 6.07) is 6.96. The van der Waals surface area contributed by atoms with Gasteiger partial charge in [0, 0.05) is 5.92 Å². The third kappa shape index (κ3) is 5.16. The number of methoxy groups -OCH3 is 1. The van der Waals surface area contributed by atoms with Crippen LogP contribution in [0, 0.1) is 5.92 Å². The van der Waals surface area contributed by atoms with Crippen LogP contribution in [0.25, 0.3) is 0 Å². The van der Waals surface area contributed by atoms with Crippen LogP contribution in [0.5, 0.6) is 11.5 Å². The van der Waals surface area contributed by atoms with E-state index in [1.165, 1.54) is 6.42 Å². The van der Waals surface area contributed by atoms with Gasteiger partial charge in [-0.15, -0.1) is 0 Å². The Morgan fingerprint density at radius 1 is 1.04 bits per heavy atom. The Morgan fingerprint density at radius 2 is 1.65 bits per heavy atom.